The van der Waals surface area contributed by atoms with Gasteiger partial charge in [0, 0.05) is 6.20 Å². The molecule has 0 atom stereocenters. The van der Waals surface area contributed by atoms with E-state index in [9.17, 15) is 9.59 Å². The molecule has 0 aliphatic rings. The fraction of sp³-hybridized carbons (Fsp3) is 0.133. The number of carbonyl (C=O) groups excluding carboxylic acids is 1. The van der Waals surface area contributed by atoms with Gasteiger partial charge in [0.2, 0.25) is 0 Å². The summed E-state index contributed by atoms with van der Waals surface area (Å²) in [7, 11) is 1.33. The molecule has 0 N–H and O–H groups in total. The molecule has 0 saturated heterocycles. The molecule has 106 valence electrons. The average Bonchev–Trinajstić information content (AvgIpc) is 2.83. The van der Waals surface area contributed by atoms with E-state index in [2.05, 4.69) is 9.72 Å². The molecular weight excluding hydrogens is 272 g/mol. The maximum absolute atomic E-state index is 11.9. The Kier molecular flexibility index (Phi) is 3.27. The van der Waals surface area contributed by atoms with E-state index in [4.69, 9.17) is 4.42 Å². The van der Waals surface area contributed by atoms with Gasteiger partial charge in [-0.15, -0.1) is 0 Å². The van der Waals surface area contributed by atoms with Crippen LogP contribution in [0, 0.1) is 0 Å². The third-order valence-corrected chi connectivity index (χ3v) is 3.11. The van der Waals surface area contributed by atoms with Crippen molar-refractivity contribution in [2.75, 3.05) is 7.11 Å². The number of oxazole rings is 1. The number of aromatic nitrogens is 2. The monoisotopic (exact) mass is 284 g/mol. The molecule has 0 unspecified atom stereocenters. The Morgan fingerprint density at radius 2 is 2.19 bits per heavy atom. The highest BCUT2D eigenvalue weighted by Gasteiger charge is 2.11. The minimum Gasteiger partial charge on any atom is -0.465 e. The first-order valence-electron chi connectivity index (χ1n) is 6.30. The van der Waals surface area contributed by atoms with Crippen LogP contribution in [0.1, 0.15) is 15.9 Å². The first-order valence-corrected chi connectivity index (χ1v) is 6.30. The summed E-state index contributed by atoms with van der Waals surface area (Å²) in [6.45, 7) is 0.272. The van der Waals surface area contributed by atoms with Gasteiger partial charge in [-0.2, -0.15) is 0 Å². The predicted molar refractivity (Wildman–Crippen MR) is 75.2 cm³/mol. The number of benzene rings is 1. The summed E-state index contributed by atoms with van der Waals surface area (Å²) in [4.78, 5) is 27.6. The second kappa shape index (κ2) is 5.24. The van der Waals surface area contributed by atoms with Crippen LogP contribution in [0.5, 0.6) is 0 Å². The summed E-state index contributed by atoms with van der Waals surface area (Å²) < 4.78 is 11.2. The van der Waals surface area contributed by atoms with Gasteiger partial charge in [-0.05, 0) is 29.8 Å². The molecule has 2 aromatic heterocycles. The quantitative estimate of drug-likeness (QED) is 0.686. The Balaban J connectivity index is 2.01. The molecule has 0 amide bonds. The van der Waals surface area contributed by atoms with Crippen LogP contribution in [0.2, 0.25) is 0 Å². The second-order valence-corrected chi connectivity index (χ2v) is 4.47. The van der Waals surface area contributed by atoms with Crippen molar-refractivity contribution in [3.05, 3.63) is 64.3 Å². The normalized spacial score (nSPS) is 10.7. The van der Waals surface area contributed by atoms with Gasteiger partial charge < -0.3 is 9.15 Å². The van der Waals surface area contributed by atoms with Crippen LogP contribution in [-0.2, 0) is 11.3 Å². The molecule has 1 aromatic carbocycles. The van der Waals surface area contributed by atoms with Crippen LogP contribution in [0.15, 0.2) is 51.8 Å². The molecule has 2 heterocycles. The number of hydrogen-bond donors (Lipinski definition) is 0. The van der Waals surface area contributed by atoms with Crippen LogP contribution in [0.25, 0.3) is 11.2 Å². The van der Waals surface area contributed by atoms with Crippen molar-refractivity contribution >= 4 is 17.2 Å². The van der Waals surface area contributed by atoms with E-state index in [1.807, 2.05) is 6.07 Å². The molecule has 0 radical (unpaired) electrons. The summed E-state index contributed by atoms with van der Waals surface area (Å²) in [5, 5.41) is 0. The van der Waals surface area contributed by atoms with Crippen LogP contribution in [0.3, 0.4) is 0 Å². The van der Waals surface area contributed by atoms with Gasteiger partial charge in [-0.25, -0.2) is 14.6 Å². The summed E-state index contributed by atoms with van der Waals surface area (Å²) in [5.41, 5.74) is 2.13. The van der Waals surface area contributed by atoms with E-state index in [1.165, 1.54) is 11.7 Å². The first-order chi connectivity index (χ1) is 10.2. The molecule has 0 saturated carbocycles. The predicted octanol–water partition coefficient (Wildman–Crippen LogP) is 1.82. The van der Waals surface area contributed by atoms with E-state index >= 15 is 0 Å². The molecule has 0 bridgehead atoms. The van der Waals surface area contributed by atoms with Crippen molar-refractivity contribution in [3.8, 4) is 0 Å². The van der Waals surface area contributed by atoms with Gasteiger partial charge in [-0.1, -0.05) is 12.1 Å². The Labute approximate surface area is 119 Å². The maximum atomic E-state index is 11.9. The number of carbonyl (C=O) groups is 1. The van der Waals surface area contributed by atoms with Gasteiger partial charge >= 0.3 is 11.7 Å². The smallest absolute Gasteiger partial charge is 0.421 e. The number of hydrogen-bond acceptors (Lipinski definition) is 5. The first kappa shape index (κ1) is 13.1. The average molecular weight is 284 g/mol. The highest BCUT2D eigenvalue weighted by molar-refractivity contribution is 5.89. The molecule has 21 heavy (non-hydrogen) atoms. The van der Waals surface area contributed by atoms with Gasteiger partial charge in [0.1, 0.15) is 0 Å². The van der Waals surface area contributed by atoms with E-state index in [-0.39, 0.29) is 6.54 Å². The highest BCUT2D eigenvalue weighted by Crippen LogP contribution is 2.12. The van der Waals surface area contributed by atoms with Crippen LogP contribution >= 0.6 is 0 Å². The van der Waals surface area contributed by atoms with Crippen molar-refractivity contribution in [1.82, 2.24) is 9.55 Å². The van der Waals surface area contributed by atoms with Gasteiger partial charge in [0.05, 0.1) is 19.2 Å². The van der Waals surface area contributed by atoms with E-state index in [0.717, 1.165) is 5.56 Å². The van der Waals surface area contributed by atoms with Crippen LogP contribution in [0.4, 0.5) is 0 Å². The number of esters is 1. The zero-order valence-corrected chi connectivity index (χ0v) is 11.3. The minimum atomic E-state index is -0.479. The lowest BCUT2D eigenvalue weighted by Gasteiger charge is -2.04. The number of nitrogens with zero attached hydrogens (tertiary/aromatic N) is 2. The van der Waals surface area contributed by atoms with Crippen molar-refractivity contribution < 1.29 is 13.9 Å². The fourth-order valence-corrected chi connectivity index (χ4v) is 2.14. The molecule has 3 aromatic rings. The lowest BCUT2D eigenvalue weighted by Crippen LogP contribution is -2.15. The third-order valence-electron chi connectivity index (χ3n) is 3.11. The van der Waals surface area contributed by atoms with Crippen LogP contribution in [-0.4, -0.2) is 22.6 Å². The maximum Gasteiger partial charge on any atom is 0.421 e. The minimum absolute atomic E-state index is 0.272. The Hall–Kier alpha value is -2.89. The van der Waals surface area contributed by atoms with E-state index < -0.39 is 11.7 Å². The number of ether oxygens (including phenoxy) is 1. The van der Waals surface area contributed by atoms with Crippen molar-refractivity contribution in [2.24, 2.45) is 0 Å². The standard InChI is InChI=1S/C15H12N2O4/c1-20-14(18)11-5-2-4-10(8-11)9-17-13-12(21-15(17)19)6-3-7-16-13/h2-8H,9H2,1H3. The summed E-state index contributed by atoms with van der Waals surface area (Å²) in [6.07, 6.45) is 1.60. The number of methoxy groups -OCH3 is 1. The lowest BCUT2D eigenvalue weighted by atomic mass is 10.1. The van der Waals surface area contributed by atoms with Crippen molar-refractivity contribution in [3.63, 3.8) is 0 Å². The summed E-state index contributed by atoms with van der Waals surface area (Å²) >= 11 is 0. The summed E-state index contributed by atoms with van der Waals surface area (Å²) in [6, 6.07) is 10.3. The second-order valence-electron chi connectivity index (χ2n) is 4.47. The largest absolute Gasteiger partial charge is 0.465 e. The van der Waals surface area contributed by atoms with Gasteiger partial charge in [0.15, 0.2) is 11.2 Å². The zero-order chi connectivity index (χ0) is 14.8. The molecule has 6 heteroatoms. The molecule has 3 rings (SSSR count). The van der Waals surface area contributed by atoms with Gasteiger partial charge in [0.25, 0.3) is 0 Å². The Morgan fingerprint density at radius 1 is 1.33 bits per heavy atom. The molecule has 0 aliphatic heterocycles. The third kappa shape index (κ3) is 2.43. The molecule has 6 nitrogen and oxygen atoms in total. The van der Waals surface area contributed by atoms with Crippen molar-refractivity contribution in [2.45, 2.75) is 6.54 Å². The fourth-order valence-electron chi connectivity index (χ4n) is 2.14. The highest BCUT2D eigenvalue weighted by atomic mass is 16.5. The SMILES string of the molecule is COC(=O)c1cccc(Cn2c(=O)oc3cccnc32)c1. The number of pyridine rings is 1. The molecule has 0 spiro atoms. The Morgan fingerprint density at radius 3 is 3.00 bits per heavy atom. The van der Waals surface area contributed by atoms with Crippen LogP contribution < -0.4 is 5.76 Å². The molecule has 0 fully saturated rings. The molecular formula is C15H12N2O4. The molecule has 0 aliphatic carbocycles. The number of fused-ring (bicyclic) bond motifs is 1. The van der Waals surface area contributed by atoms with E-state index in [0.29, 0.717) is 16.8 Å². The van der Waals surface area contributed by atoms with E-state index in [1.54, 1.807) is 36.5 Å². The number of rotatable bonds is 3. The Bertz CT molecular complexity index is 863. The summed E-state index contributed by atoms with van der Waals surface area (Å²) in [5.74, 6) is -0.897. The van der Waals surface area contributed by atoms with Crippen molar-refractivity contribution in [1.29, 1.82) is 0 Å². The van der Waals surface area contributed by atoms with Gasteiger partial charge in [-0.3, -0.25) is 4.57 Å². The lowest BCUT2D eigenvalue weighted by molar-refractivity contribution is 0.0600. The zero-order valence-electron chi connectivity index (χ0n) is 11.3. The topological polar surface area (TPSA) is 74.3 Å².